The topological polar surface area (TPSA) is 34.4 Å². The molecule has 3 rings (SSSR count). The Balaban J connectivity index is 1.68. The minimum absolute atomic E-state index is 0.162. The van der Waals surface area contributed by atoms with Crippen LogP contribution < -0.4 is 5.32 Å². The molecule has 1 aromatic heterocycles. The summed E-state index contributed by atoms with van der Waals surface area (Å²) in [6.45, 7) is 5.78. The fourth-order valence-electron chi connectivity index (χ4n) is 3.40. The third kappa shape index (κ3) is 2.21. The van der Waals surface area contributed by atoms with Gasteiger partial charge in [0.25, 0.3) is 0 Å². The van der Waals surface area contributed by atoms with Crippen LogP contribution in [0.5, 0.6) is 0 Å². The molecule has 1 spiro atoms. The van der Waals surface area contributed by atoms with Crippen LogP contribution in [0, 0.1) is 13.8 Å². The normalized spacial score (nSPS) is 27.6. The molecule has 18 heavy (non-hydrogen) atoms. The van der Waals surface area contributed by atoms with E-state index in [0.29, 0.717) is 0 Å². The van der Waals surface area contributed by atoms with Crippen molar-refractivity contribution < 1.29 is 9.15 Å². The van der Waals surface area contributed by atoms with Crippen LogP contribution in [-0.2, 0) is 4.74 Å². The van der Waals surface area contributed by atoms with E-state index >= 15 is 0 Å². The van der Waals surface area contributed by atoms with Crippen molar-refractivity contribution in [1.82, 2.24) is 5.32 Å². The number of rotatable bonds is 1. The highest BCUT2D eigenvalue weighted by Crippen LogP contribution is 2.35. The number of morpholine rings is 1. The summed E-state index contributed by atoms with van der Waals surface area (Å²) < 4.78 is 11.7. The van der Waals surface area contributed by atoms with Gasteiger partial charge in [-0.1, -0.05) is 19.3 Å². The molecular weight excluding hydrogens is 226 g/mol. The largest absolute Gasteiger partial charge is 0.466 e. The van der Waals surface area contributed by atoms with E-state index in [1.54, 1.807) is 0 Å². The predicted octanol–water partition coefficient (Wildman–Crippen LogP) is 3.26. The SMILES string of the molecule is Cc1cc(C2CNC3(CCCCC3)CO2)c(C)o1. The highest BCUT2D eigenvalue weighted by molar-refractivity contribution is 5.24. The van der Waals surface area contributed by atoms with Gasteiger partial charge in [0.05, 0.1) is 12.7 Å². The fraction of sp³-hybridized carbons (Fsp3) is 0.733. The Kier molecular flexibility index (Phi) is 3.20. The minimum Gasteiger partial charge on any atom is -0.466 e. The van der Waals surface area contributed by atoms with E-state index in [0.717, 1.165) is 24.7 Å². The lowest BCUT2D eigenvalue weighted by molar-refractivity contribution is -0.0471. The van der Waals surface area contributed by atoms with Gasteiger partial charge in [0.1, 0.15) is 11.5 Å². The predicted molar refractivity (Wildman–Crippen MR) is 70.7 cm³/mol. The average molecular weight is 249 g/mol. The third-order valence-electron chi connectivity index (χ3n) is 4.46. The molecule has 1 unspecified atom stereocenters. The molecule has 0 aromatic carbocycles. The first-order valence-corrected chi connectivity index (χ1v) is 7.12. The lowest BCUT2D eigenvalue weighted by atomic mass is 9.81. The van der Waals surface area contributed by atoms with Crippen molar-refractivity contribution in [3.63, 3.8) is 0 Å². The zero-order valence-corrected chi connectivity index (χ0v) is 11.4. The molecule has 1 atom stereocenters. The van der Waals surface area contributed by atoms with E-state index in [4.69, 9.17) is 9.15 Å². The van der Waals surface area contributed by atoms with Gasteiger partial charge in [-0.05, 0) is 32.8 Å². The number of nitrogens with one attached hydrogen (secondary N) is 1. The molecule has 1 aliphatic carbocycles. The minimum atomic E-state index is 0.162. The van der Waals surface area contributed by atoms with Gasteiger partial charge in [-0.2, -0.15) is 0 Å². The average Bonchev–Trinajstić information content (AvgIpc) is 2.71. The molecule has 1 aromatic rings. The maximum absolute atomic E-state index is 6.13. The number of hydrogen-bond donors (Lipinski definition) is 1. The molecule has 2 aliphatic rings. The van der Waals surface area contributed by atoms with Crippen molar-refractivity contribution in [2.75, 3.05) is 13.2 Å². The van der Waals surface area contributed by atoms with Crippen LogP contribution in [0.4, 0.5) is 0 Å². The van der Waals surface area contributed by atoms with Gasteiger partial charge in [0.15, 0.2) is 0 Å². The van der Waals surface area contributed by atoms with Crippen molar-refractivity contribution in [1.29, 1.82) is 0 Å². The van der Waals surface area contributed by atoms with Gasteiger partial charge in [0.2, 0.25) is 0 Å². The molecule has 1 aliphatic heterocycles. The van der Waals surface area contributed by atoms with Crippen molar-refractivity contribution >= 4 is 0 Å². The molecular formula is C15H23NO2. The summed E-state index contributed by atoms with van der Waals surface area (Å²) >= 11 is 0. The fourth-order valence-corrected chi connectivity index (χ4v) is 3.40. The van der Waals surface area contributed by atoms with E-state index in [9.17, 15) is 0 Å². The monoisotopic (exact) mass is 249 g/mol. The second-order valence-electron chi connectivity index (χ2n) is 5.89. The second-order valence-corrected chi connectivity index (χ2v) is 5.89. The van der Waals surface area contributed by atoms with Gasteiger partial charge in [-0.15, -0.1) is 0 Å². The van der Waals surface area contributed by atoms with Crippen LogP contribution in [0.2, 0.25) is 0 Å². The first kappa shape index (κ1) is 12.2. The molecule has 1 saturated heterocycles. The van der Waals surface area contributed by atoms with E-state index < -0.39 is 0 Å². The maximum Gasteiger partial charge on any atom is 0.106 e. The summed E-state index contributed by atoms with van der Waals surface area (Å²) in [5, 5.41) is 3.75. The molecule has 100 valence electrons. The molecule has 0 radical (unpaired) electrons. The second kappa shape index (κ2) is 4.71. The van der Waals surface area contributed by atoms with Gasteiger partial charge >= 0.3 is 0 Å². The highest BCUT2D eigenvalue weighted by atomic mass is 16.5. The standard InChI is InChI=1S/C15H23NO2/c1-11-8-13(12(2)18-11)14-9-16-15(10-17-14)6-4-3-5-7-15/h8,14,16H,3-7,9-10H2,1-2H3. The quantitative estimate of drug-likeness (QED) is 0.829. The number of hydrogen-bond acceptors (Lipinski definition) is 3. The van der Waals surface area contributed by atoms with Crippen LogP contribution in [-0.4, -0.2) is 18.7 Å². The Hall–Kier alpha value is -0.800. The van der Waals surface area contributed by atoms with E-state index in [1.165, 1.54) is 37.7 Å². The lowest BCUT2D eigenvalue weighted by Gasteiger charge is -2.43. The molecule has 2 heterocycles. The molecule has 0 amide bonds. The van der Waals surface area contributed by atoms with Gasteiger partial charge < -0.3 is 14.5 Å². The summed E-state index contributed by atoms with van der Waals surface area (Å²) in [5.74, 6) is 1.97. The summed E-state index contributed by atoms with van der Waals surface area (Å²) in [6, 6.07) is 2.11. The van der Waals surface area contributed by atoms with Gasteiger partial charge in [-0.25, -0.2) is 0 Å². The Bertz CT molecular complexity index is 408. The maximum atomic E-state index is 6.13. The third-order valence-corrected chi connectivity index (χ3v) is 4.46. The van der Waals surface area contributed by atoms with Crippen LogP contribution >= 0.6 is 0 Å². The summed E-state index contributed by atoms with van der Waals surface area (Å²) in [5.41, 5.74) is 1.48. The van der Waals surface area contributed by atoms with Crippen LogP contribution in [0.1, 0.15) is 55.3 Å². The van der Waals surface area contributed by atoms with Crippen molar-refractivity contribution in [3.8, 4) is 0 Å². The van der Waals surface area contributed by atoms with Crippen molar-refractivity contribution in [3.05, 3.63) is 23.2 Å². The van der Waals surface area contributed by atoms with Crippen LogP contribution in [0.25, 0.3) is 0 Å². The molecule has 3 nitrogen and oxygen atoms in total. The zero-order chi connectivity index (χ0) is 12.6. The summed E-state index contributed by atoms with van der Waals surface area (Å²) in [7, 11) is 0. The lowest BCUT2D eigenvalue weighted by Crippen LogP contribution is -2.55. The molecule has 1 N–H and O–H groups in total. The molecule has 0 bridgehead atoms. The van der Waals surface area contributed by atoms with Crippen LogP contribution in [0.3, 0.4) is 0 Å². The van der Waals surface area contributed by atoms with E-state index in [1.807, 2.05) is 13.8 Å². The Morgan fingerprint density at radius 2 is 2.00 bits per heavy atom. The molecule has 3 heteroatoms. The Morgan fingerprint density at radius 1 is 1.22 bits per heavy atom. The van der Waals surface area contributed by atoms with Crippen LogP contribution in [0.15, 0.2) is 10.5 Å². The Morgan fingerprint density at radius 3 is 2.56 bits per heavy atom. The summed E-state index contributed by atoms with van der Waals surface area (Å²) in [6.07, 6.45) is 6.75. The van der Waals surface area contributed by atoms with E-state index in [2.05, 4.69) is 11.4 Å². The molecule has 1 saturated carbocycles. The number of aryl methyl sites for hydroxylation is 2. The smallest absolute Gasteiger partial charge is 0.106 e. The molecule has 2 fully saturated rings. The first-order chi connectivity index (χ1) is 8.69. The Labute approximate surface area is 109 Å². The van der Waals surface area contributed by atoms with E-state index in [-0.39, 0.29) is 11.6 Å². The van der Waals surface area contributed by atoms with Crippen molar-refractivity contribution in [2.45, 2.75) is 57.6 Å². The van der Waals surface area contributed by atoms with Gasteiger partial charge in [-0.3, -0.25) is 0 Å². The highest BCUT2D eigenvalue weighted by Gasteiger charge is 2.37. The first-order valence-electron chi connectivity index (χ1n) is 7.12. The van der Waals surface area contributed by atoms with Crippen molar-refractivity contribution in [2.24, 2.45) is 0 Å². The van der Waals surface area contributed by atoms with Gasteiger partial charge in [0, 0.05) is 17.6 Å². The number of ether oxygens (including phenoxy) is 1. The number of furan rings is 1. The summed E-state index contributed by atoms with van der Waals surface area (Å²) in [4.78, 5) is 0. The zero-order valence-electron chi connectivity index (χ0n) is 11.4.